The van der Waals surface area contributed by atoms with E-state index in [4.69, 9.17) is 4.74 Å². The van der Waals surface area contributed by atoms with Crippen LogP contribution in [0.1, 0.15) is 31.2 Å². The number of rotatable bonds is 9. The summed E-state index contributed by atoms with van der Waals surface area (Å²) in [5.74, 6) is 0.968. The van der Waals surface area contributed by atoms with Crippen molar-refractivity contribution in [1.82, 2.24) is 9.03 Å². The quantitative estimate of drug-likeness (QED) is 0.656. The van der Waals surface area contributed by atoms with Gasteiger partial charge in [0.25, 0.3) is 0 Å². The average Bonchev–Trinajstić information content (AvgIpc) is 3.52. The summed E-state index contributed by atoms with van der Waals surface area (Å²) in [6.45, 7) is 1.37. The monoisotopic (exact) mass is 416 g/mol. The van der Waals surface area contributed by atoms with Gasteiger partial charge in [0, 0.05) is 19.6 Å². The van der Waals surface area contributed by atoms with Crippen molar-refractivity contribution in [2.75, 3.05) is 32.5 Å². The molecule has 0 spiro atoms. The molecule has 1 saturated heterocycles. The molecule has 9 heteroatoms. The predicted molar refractivity (Wildman–Crippen MR) is 105 cm³/mol. The lowest BCUT2D eigenvalue weighted by Gasteiger charge is -2.31. The topological polar surface area (TPSA) is 92.8 Å². The van der Waals surface area contributed by atoms with Crippen LogP contribution in [0.25, 0.3) is 0 Å². The number of aryl methyl sites for hydroxylation is 1. The lowest BCUT2D eigenvalue weighted by Crippen LogP contribution is -2.43. The smallest absolute Gasteiger partial charge is 0.216 e. The molecule has 0 atom stereocenters. The fourth-order valence-electron chi connectivity index (χ4n) is 3.31. The fourth-order valence-corrected chi connectivity index (χ4v) is 6.32. The van der Waals surface area contributed by atoms with E-state index in [0.29, 0.717) is 38.9 Å². The van der Waals surface area contributed by atoms with Crippen LogP contribution in [-0.2, 0) is 26.5 Å². The second-order valence-electron chi connectivity index (χ2n) is 7.35. The minimum absolute atomic E-state index is 0.0359. The highest BCUT2D eigenvalue weighted by molar-refractivity contribution is 7.90. The first-order chi connectivity index (χ1) is 12.8. The van der Waals surface area contributed by atoms with Crippen LogP contribution in [0, 0.1) is 5.92 Å². The highest BCUT2D eigenvalue weighted by atomic mass is 32.2. The number of piperidine rings is 1. The molecular weight excluding hydrogens is 388 g/mol. The van der Waals surface area contributed by atoms with Crippen LogP contribution < -0.4 is 9.46 Å². The van der Waals surface area contributed by atoms with Gasteiger partial charge in [0.15, 0.2) is 0 Å². The van der Waals surface area contributed by atoms with Gasteiger partial charge in [-0.3, -0.25) is 0 Å². The van der Waals surface area contributed by atoms with Crippen molar-refractivity contribution in [3.05, 3.63) is 29.8 Å². The Morgan fingerprint density at radius 3 is 2.22 bits per heavy atom. The summed E-state index contributed by atoms with van der Waals surface area (Å²) in [7, 11) is -4.88. The number of hydrogen-bond acceptors (Lipinski definition) is 5. The number of benzene rings is 1. The van der Waals surface area contributed by atoms with Crippen molar-refractivity contribution in [3.8, 4) is 5.75 Å². The maximum Gasteiger partial charge on any atom is 0.216 e. The molecule has 1 aliphatic carbocycles. The zero-order chi connectivity index (χ0) is 19.5. The Labute approximate surface area is 162 Å². The van der Waals surface area contributed by atoms with Gasteiger partial charge in [-0.2, -0.15) is 0 Å². The van der Waals surface area contributed by atoms with E-state index in [9.17, 15) is 16.8 Å². The van der Waals surface area contributed by atoms with Gasteiger partial charge in [-0.05, 0) is 55.7 Å². The van der Waals surface area contributed by atoms with Crippen LogP contribution in [0.2, 0.25) is 0 Å². The third-order valence-corrected chi connectivity index (χ3v) is 9.04. The Kier molecular flexibility index (Phi) is 6.45. The molecule has 0 bridgehead atoms. The molecule has 2 aliphatic rings. The third kappa shape index (κ3) is 5.66. The van der Waals surface area contributed by atoms with Crippen LogP contribution in [0.5, 0.6) is 5.75 Å². The molecule has 0 aromatic heterocycles. The summed E-state index contributed by atoms with van der Waals surface area (Å²) in [6.07, 6.45) is 3.39. The Morgan fingerprint density at radius 1 is 1.04 bits per heavy atom. The first kappa shape index (κ1) is 20.6. The lowest BCUT2D eigenvalue weighted by atomic mass is 9.99. The second-order valence-corrected chi connectivity index (χ2v) is 11.5. The van der Waals surface area contributed by atoms with Gasteiger partial charge in [-0.15, -0.1) is 0 Å². The zero-order valence-electron chi connectivity index (χ0n) is 15.6. The maximum absolute atomic E-state index is 12.2. The highest BCUT2D eigenvalue weighted by Gasteiger charge is 2.41. The molecule has 1 saturated carbocycles. The van der Waals surface area contributed by atoms with E-state index >= 15 is 0 Å². The molecule has 1 N–H and O–H groups in total. The molecule has 1 aliphatic heterocycles. The van der Waals surface area contributed by atoms with Crippen LogP contribution in [0.4, 0.5) is 0 Å². The summed E-state index contributed by atoms with van der Waals surface area (Å²) in [5, 5.41) is -0.175. The molecule has 1 aromatic carbocycles. The van der Waals surface area contributed by atoms with E-state index < -0.39 is 20.0 Å². The molecule has 1 heterocycles. The van der Waals surface area contributed by atoms with Crippen LogP contribution in [0.15, 0.2) is 24.3 Å². The SMILES string of the molecule is COc1ccc(CCS(=O)(=O)NCC2CCN(S(=O)(=O)C3CC3)CC2)cc1. The Morgan fingerprint density at radius 2 is 1.67 bits per heavy atom. The first-order valence-electron chi connectivity index (χ1n) is 9.39. The van der Waals surface area contributed by atoms with Crippen molar-refractivity contribution in [2.24, 2.45) is 5.92 Å². The Bertz CT molecular complexity index is 825. The molecule has 0 radical (unpaired) electrons. The molecule has 27 heavy (non-hydrogen) atoms. The lowest BCUT2D eigenvalue weighted by molar-refractivity contribution is 0.274. The molecule has 3 rings (SSSR count). The summed E-state index contributed by atoms with van der Waals surface area (Å²) < 4.78 is 58.3. The van der Waals surface area contributed by atoms with Crippen molar-refractivity contribution in [3.63, 3.8) is 0 Å². The summed E-state index contributed by atoms with van der Waals surface area (Å²) in [5.41, 5.74) is 0.944. The van der Waals surface area contributed by atoms with E-state index in [1.807, 2.05) is 24.3 Å². The van der Waals surface area contributed by atoms with Gasteiger partial charge in [-0.1, -0.05) is 12.1 Å². The molecule has 2 fully saturated rings. The molecule has 0 unspecified atom stereocenters. The Balaban J connectivity index is 1.41. The number of ether oxygens (including phenoxy) is 1. The number of nitrogens with zero attached hydrogens (tertiary/aromatic N) is 1. The minimum atomic E-state index is -3.35. The molecule has 7 nitrogen and oxygen atoms in total. The summed E-state index contributed by atoms with van der Waals surface area (Å²) in [6, 6.07) is 7.37. The van der Waals surface area contributed by atoms with Crippen LogP contribution >= 0.6 is 0 Å². The third-order valence-electron chi connectivity index (χ3n) is 5.29. The fraction of sp³-hybridized carbons (Fsp3) is 0.667. The van der Waals surface area contributed by atoms with Crippen molar-refractivity contribution in [1.29, 1.82) is 0 Å². The van der Waals surface area contributed by atoms with Gasteiger partial charge < -0.3 is 4.74 Å². The van der Waals surface area contributed by atoms with E-state index in [1.165, 1.54) is 0 Å². The number of nitrogens with one attached hydrogen (secondary N) is 1. The van der Waals surface area contributed by atoms with E-state index in [-0.39, 0.29) is 16.9 Å². The zero-order valence-corrected chi connectivity index (χ0v) is 17.3. The van der Waals surface area contributed by atoms with E-state index in [2.05, 4.69) is 4.72 Å². The molecule has 1 aromatic rings. The number of sulfonamides is 2. The van der Waals surface area contributed by atoms with Gasteiger partial charge in [0.05, 0.1) is 18.1 Å². The van der Waals surface area contributed by atoms with Crippen molar-refractivity contribution < 1.29 is 21.6 Å². The summed E-state index contributed by atoms with van der Waals surface area (Å²) in [4.78, 5) is 0. The minimum Gasteiger partial charge on any atom is -0.497 e. The average molecular weight is 417 g/mol. The van der Waals surface area contributed by atoms with E-state index in [0.717, 1.165) is 24.2 Å². The number of methoxy groups -OCH3 is 1. The second kappa shape index (κ2) is 8.46. The predicted octanol–water partition coefficient (Wildman–Crippen LogP) is 1.36. The molecule has 152 valence electrons. The Hall–Kier alpha value is -1.16. The normalized spacial score (nSPS) is 19.9. The first-order valence-corrected chi connectivity index (χ1v) is 12.5. The van der Waals surface area contributed by atoms with Crippen LogP contribution in [0.3, 0.4) is 0 Å². The summed E-state index contributed by atoms with van der Waals surface area (Å²) >= 11 is 0. The van der Waals surface area contributed by atoms with Crippen molar-refractivity contribution in [2.45, 2.75) is 37.4 Å². The molecular formula is C18H28N2O5S2. The van der Waals surface area contributed by atoms with E-state index in [1.54, 1.807) is 11.4 Å². The van der Waals surface area contributed by atoms with Crippen LogP contribution in [-0.4, -0.2) is 58.9 Å². The largest absolute Gasteiger partial charge is 0.497 e. The standard InChI is InChI=1S/C18H28N2O5S2/c1-25-17-4-2-15(3-5-17)10-13-26(21,22)19-14-16-8-11-20(12-9-16)27(23,24)18-6-7-18/h2-5,16,18-19H,6-14H2,1H3. The van der Waals surface area contributed by atoms with Gasteiger partial charge in [-0.25, -0.2) is 25.9 Å². The van der Waals surface area contributed by atoms with Gasteiger partial charge >= 0.3 is 0 Å². The van der Waals surface area contributed by atoms with Crippen molar-refractivity contribution >= 4 is 20.0 Å². The van der Waals surface area contributed by atoms with Gasteiger partial charge in [0.1, 0.15) is 5.75 Å². The molecule has 0 amide bonds. The van der Waals surface area contributed by atoms with Gasteiger partial charge in [0.2, 0.25) is 20.0 Å². The highest BCUT2D eigenvalue weighted by Crippen LogP contribution is 2.33. The maximum atomic E-state index is 12.2. The number of hydrogen-bond donors (Lipinski definition) is 1.